The number of nitrogens with one attached hydrogen (secondary N) is 1. The number of piperidine rings is 1. The smallest absolute Gasteiger partial charge is 0.238 e. The third-order valence-corrected chi connectivity index (χ3v) is 3.71. The Kier molecular flexibility index (Phi) is 9.62. The third-order valence-electron chi connectivity index (χ3n) is 3.71. The molecule has 0 unspecified atom stereocenters. The number of hydrogen-bond donors (Lipinski definition) is 2. The predicted octanol–water partition coefficient (Wildman–Crippen LogP) is 2.66. The average Bonchev–Trinajstić information content (AvgIpc) is 2.43. The van der Waals surface area contributed by atoms with Crippen molar-refractivity contribution in [3.05, 3.63) is 29.8 Å². The molecule has 2 rings (SSSR count). The number of nitrogens with two attached hydrogens (primary N) is 1. The van der Waals surface area contributed by atoms with E-state index in [4.69, 9.17) is 5.73 Å². The molecule has 1 aromatic carbocycles. The van der Waals surface area contributed by atoms with Crippen LogP contribution in [0.4, 0.5) is 5.69 Å². The van der Waals surface area contributed by atoms with Crippen LogP contribution in [0.5, 0.6) is 0 Å². The van der Waals surface area contributed by atoms with Crippen molar-refractivity contribution in [1.29, 1.82) is 0 Å². The first kappa shape index (κ1) is 20.2. The second-order valence-corrected chi connectivity index (χ2v) is 5.41. The molecule has 0 aliphatic carbocycles. The highest BCUT2D eigenvalue weighted by Gasteiger charge is 2.15. The SMILES string of the molecule is CC1CCN(Cc2ccc(NC(=O)CN)cc2)CC1.Cl.Cl. The lowest BCUT2D eigenvalue weighted by molar-refractivity contribution is -0.114. The van der Waals surface area contributed by atoms with Crippen molar-refractivity contribution in [1.82, 2.24) is 4.90 Å². The number of anilines is 1. The molecule has 1 aromatic rings. The molecule has 21 heavy (non-hydrogen) atoms. The lowest BCUT2D eigenvalue weighted by Crippen LogP contribution is -2.32. The van der Waals surface area contributed by atoms with Crippen LogP contribution in [0.15, 0.2) is 24.3 Å². The van der Waals surface area contributed by atoms with Gasteiger partial charge in [0.25, 0.3) is 0 Å². The van der Waals surface area contributed by atoms with Gasteiger partial charge in [0, 0.05) is 12.2 Å². The van der Waals surface area contributed by atoms with E-state index in [0.717, 1.165) is 18.2 Å². The normalized spacial score (nSPS) is 15.7. The quantitative estimate of drug-likeness (QED) is 0.890. The van der Waals surface area contributed by atoms with E-state index >= 15 is 0 Å². The van der Waals surface area contributed by atoms with Gasteiger partial charge in [-0.05, 0) is 49.5 Å². The summed E-state index contributed by atoms with van der Waals surface area (Å²) in [4.78, 5) is 13.7. The first-order valence-electron chi connectivity index (χ1n) is 6.98. The summed E-state index contributed by atoms with van der Waals surface area (Å²) in [6.07, 6.45) is 2.59. The van der Waals surface area contributed by atoms with Crippen molar-refractivity contribution in [2.45, 2.75) is 26.3 Å². The number of carbonyl (C=O) groups is 1. The third kappa shape index (κ3) is 6.66. The molecule has 120 valence electrons. The molecule has 1 amide bonds. The van der Waals surface area contributed by atoms with Gasteiger partial charge in [0.05, 0.1) is 6.54 Å². The number of benzene rings is 1. The monoisotopic (exact) mass is 333 g/mol. The van der Waals surface area contributed by atoms with E-state index in [-0.39, 0.29) is 37.3 Å². The van der Waals surface area contributed by atoms with Crippen LogP contribution in [0.3, 0.4) is 0 Å². The first-order valence-corrected chi connectivity index (χ1v) is 6.98. The Morgan fingerprint density at radius 3 is 2.33 bits per heavy atom. The molecule has 0 radical (unpaired) electrons. The van der Waals surface area contributed by atoms with E-state index in [1.54, 1.807) is 0 Å². The Balaban J connectivity index is 0.00000200. The molecular formula is C15H25Cl2N3O. The fourth-order valence-electron chi connectivity index (χ4n) is 2.38. The van der Waals surface area contributed by atoms with E-state index in [1.165, 1.54) is 31.5 Å². The molecule has 1 aliphatic heterocycles. The van der Waals surface area contributed by atoms with E-state index in [9.17, 15) is 4.79 Å². The molecule has 0 aromatic heterocycles. The average molecular weight is 334 g/mol. The molecule has 0 bridgehead atoms. The van der Waals surface area contributed by atoms with Crippen LogP contribution < -0.4 is 11.1 Å². The molecular weight excluding hydrogens is 309 g/mol. The number of amides is 1. The fourth-order valence-corrected chi connectivity index (χ4v) is 2.38. The van der Waals surface area contributed by atoms with Crippen molar-refractivity contribution in [2.75, 3.05) is 25.0 Å². The summed E-state index contributed by atoms with van der Waals surface area (Å²) in [5, 5.41) is 2.75. The van der Waals surface area contributed by atoms with Gasteiger partial charge in [-0.15, -0.1) is 24.8 Å². The Morgan fingerprint density at radius 2 is 1.81 bits per heavy atom. The molecule has 0 saturated carbocycles. The van der Waals surface area contributed by atoms with E-state index in [2.05, 4.69) is 29.3 Å². The summed E-state index contributed by atoms with van der Waals surface area (Å²) in [5.74, 6) is 0.711. The minimum Gasteiger partial charge on any atom is -0.325 e. The lowest BCUT2D eigenvalue weighted by Gasteiger charge is -2.30. The summed E-state index contributed by atoms with van der Waals surface area (Å²) in [6.45, 7) is 5.72. The topological polar surface area (TPSA) is 58.4 Å². The zero-order chi connectivity index (χ0) is 13.7. The van der Waals surface area contributed by atoms with Gasteiger partial charge >= 0.3 is 0 Å². The molecule has 1 heterocycles. The van der Waals surface area contributed by atoms with Crippen LogP contribution in [0.1, 0.15) is 25.3 Å². The highest BCUT2D eigenvalue weighted by Crippen LogP contribution is 2.18. The molecule has 0 atom stereocenters. The maximum atomic E-state index is 11.2. The van der Waals surface area contributed by atoms with Crippen LogP contribution in [0.2, 0.25) is 0 Å². The number of nitrogens with zero attached hydrogens (tertiary/aromatic N) is 1. The Labute approximate surface area is 139 Å². The first-order chi connectivity index (χ1) is 9.17. The van der Waals surface area contributed by atoms with Crippen molar-refractivity contribution < 1.29 is 4.79 Å². The number of carbonyl (C=O) groups excluding carboxylic acids is 1. The van der Waals surface area contributed by atoms with Gasteiger partial charge in [0.2, 0.25) is 5.91 Å². The van der Waals surface area contributed by atoms with Gasteiger partial charge < -0.3 is 11.1 Å². The standard InChI is InChI=1S/C15H23N3O.2ClH/c1-12-6-8-18(9-7-12)11-13-2-4-14(5-3-13)17-15(19)10-16;;/h2-5,12H,6-11,16H2,1H3,(H,17,19);2*1H. The van der Waals surface area contributed by atoms with Crippen LogP contribution >= 0.6 is 24.8 Å². The minimum absolute atomic E-state index is 0. The van der Waals surface area contributed by atoms with E-state index in [1.807, 2.05) is 12.1 Å². The second kappa shape index (κ2) is 10.0. The summed E-state index contributed by atoms with van der Waals surface area (Å²) in [6, 6.07) is 8.03. The van der Waals surface area contributed by atoms with Gasteiger partial charge in [-0.1, -0.05) is 19.1 Å². The Hall–Kier alpha value is -0.810. The van der Waals surface area contributed by atoms with E-state index in [0.29, 0.717) is 0 Å². The van der Waals surface area contributed by atoms with Gasteiger partial charge in [0.1, 0.15) is 0 Å². The summed E-state index contributed by atoms with van der Waals surface area (Å²) in [7, 11) is 0. The van der Waals surface area contributed by atoms with Crippen molar-refractivity contribution in [3.63, 3.8) is 0 Å². The summed E-state index contributed by atoms with van der Waals surface area (Å²) >= 11 is 0. The highest BCUT2D eigenvalue weighted by atomic mass is 35.5. The van der Waals surface area contributed by atoms with Crippen LogP contribution in [-0.2, 0) is 11.3 Å². The molecule has 3 N–H and O–H groups in total. The maximum Gasteiger partial charge on any atom is 0.238 e. The predicted molar refractivity (Wildman–Crippen MR) is 92.3 cm³/mol. The van der Waals surface area contributed by atoms with Crippen LogP contribution in [0.25, 0.3) is 0 Å². The van der Waals surface area contributed by atoms with Gasteiger partial charge in [-0.25, -0.2) is 0 Å². The fraction of sp³-hybridized carbons (Fsp3) is 0.533. The molecule has 1 fully saturated rings. The Morgan fingerprint density at radius 1 is 1.24 bits per heavy atom. The second-order valence-electron chi connectivity index (χ2n) is 5.41. The van der Waals surface area contributed by atoms with Crippen molar-refractivity contribution in [2.24, 2.45) is 11.7 Å². The van der Waals surface area contributed by atoms with Crippen LogP contribution in [0, 0.1) is 5.92 Å². The van der Waals surface area contributed by atoms with Gasteiger partial charge in [0.15, 0.2) is 0 Å². The number of rotatable bonds is 4. The van der Waals surface area contributed by atoms with Gasteiger partial charge in [-0.2, -0.15) is 0 Å². The largest absolute Gasteiger partial charge is 0.325 e. The molecule has 1 aliphatic rings. The molecule has 0 spiro atoms. The Bertz CT molecular complexity index is 417. The van der Waals surface area contributed by atoms with Crippen molar-refractivity contribution in [3.8, 4) is 0 Å². The number of likely N-dealkylation sites (tertiary alicyclic amines) is 1. The van der Waals surface area contributed by atoms with E-state index < -0.39 is 0 Å². The maximum absolute atomic E-state index is 11.2. The minimum atomic E-state index is -0.155. The lowest BCUT2D eigenvalue weighted by atomic mass is 9.99. The molecule has 4 nitrogen and oxygen atoms in total. The van der Waals surface area contributed by atoms with Gasteiger partial charge in [-0.3, -0.25) is 9.69 Å². The van der Waals surface area contributed by atoms with Crippen LogP contribution in [-0.4, -0.2) is 30.4 Å². The molecule has 6 heteroatoms. The molecule has 1 saturated heterocycles. The zero-order valence-electron chi connectivity index (χ0n) is 12.4. The number of hydrogen-bond acceptors (Lipinski definition) is 3. The summed E-state index contributed by atoms with van der Waals surface area (Å²) in [5.41, 5.74) is 7.37. The number of halogens is 2. The van der Waals surface area contributed by atoms with Crippen molar-refractivity contribution >= 4 is 36.4 Å². The summed E-state index contributed by atoms with van der Waals surface area (Å²) < 4.78 is 0. The highest BCUT2D eigenvalue weighted by molar-refractivity contribution is 5.92. The zero-order valence-corrected chi connectivity index (χ0v) is 14.0.